The molecule has 0 unspecified atom stereocenters. The van der Waals surface area contributed by atoms with E-state index in [4.69, 9.17) is 11.6 Å². The van der Waals surface area contributed by atoms with Gasteiger partial charge in [0.05, 0.1) is 12.1 Å². The highest BCUT2D eigenvalue weighted by molar-refractivity contribution is 6.30. The van der Waals surface area contributed by atoms with Crippen LogP contribution >= 0.6 is 11.6 Å². The van der Waals surface area contributed by atoms with Crippen LogP contribution in [0, 0.1) is 0 Å². The van der Waals surface area contributed by atoms with Gasteiger partial charge in [-0.1, -0.05) is 82.7 Å². The molecule has 2 aromatic rings. The predicted molar refractivity (Wildman–Crippen MR) is 113 cm³/mol. The summed E-state index contributed by atoms with van der Waals surface area (Å²) in [5.74, 6) is 1.17. The van der Waals surface area contributed by atoms with Gasteiger partial charge in [0.15, 0.2) is 0 Å². The smallest absolute Gasteiger partial charge is 0.243 e. The van der Waals surface area contributed by atoms with Crippen LogP contribution in [0.2, 0.25) is 5.02 Å². The fourth-order valence-electron chi connectivity index (χ4n) is 3.53. The number of unbranched alkanes of at least 4 members (excludes halogenated alkanes) is 11. The maximum atomic E-state index is 5.99. The molecule has 26 heavy (non-hydrogen) atoms. The second-order valence-electron chi connectivity index (χ2n) is 7.40. The molecule has 0 aliphatic heterocycles. The van der Waals surface area contributed by atoms with Crippen LogP contribution in [0.15, 0.2) is 36.7 Å². The van der Waals surface area contributed by atoms with Crippen LogP contribution < -0.4 is 4.57 Å². The Morgan fingerprint density at radius 2 is 1.31 bits per heavy atom. The molecule has 0 aliphatic carbocycles. The van der Waals surface area contributed by atoms with Crippen molar-refractivity contribution in [2.24, 2.45) is 0 Å². The zero-order valence-corrected chi connectivity index (χ0v) is 17.2. The van der Waals surface area contributed by atoms with Crippen molar-refractivity contribution < 1.29 is 4.57 Å². The van der Waals surface area contributed by atoms with Gasteiger partial charge in [-0.15, -0.1) is 0 Å². The Balaban J connectivity index is 1.53. The van der Waals surface area contributed by atoms with Crippen molar-refractivity contribution >= 4 is 11.6 Å². The van der Waals surface area contributed by atoms with Crippen LogP contribution in [-0.2, 0) is 6.54 Å². The first-order valence-corrected chi connectivity index (χ1v) is 11.0. The molecule has 1 aromatic heterocycles. The number of nitrogens with zero attached hydrogens (tertiary/aromatic N) is 1. The topological polar surface area (TPSA) is 19.7 Å². The Bertz CT molecular complexity index is 589. The van der Waals surface area contributed by atoms with E-state index in [-0.39, 0.29) is 0 Å². The van der Waals surface area contributed by atoms with E-state index in [1.54, 1.807) is 0 Å². The van der Waals surface area contributed by atoms with Gasteiger partial charge in [0, 0.05) is 5.02 Å². The Morgan fingerprint density at radius 3 is 1.88 bits per heavy atom. The number of halogens is 1. The summed E-state index contributed by atoms with van der Waals surface area (Å²) in [4.78, 5) is 3.35. The van der Waals surface area contributed by atoms with Crippen molar-refractivity contribution in [3.8, 4) is 11.4 Å². The van der Waals surface area contributed by atoms with Gasteiger partial charge in [-0.25, -0.2) is 9.55 Å². The average Bonchev–Trinajstić information content (AvgIpc) is 3.12. The fourth-order valence-corrected chi connectivity index (χ4v) is 3.66. The first-order valence-electron chi connectivity index (χ1n) is 10.6. The molecular weight excluding hydrogens is 340 g/mol. The summed E-state index contributed by atoms with van der Waals surface area (Å²) in [6, 6.07) is 8.05. The Labute approximate surface area is 165 Å². The van der Waals surface area contributed by atoms with Crippen molar-refractivity contribution in [3.05, 3.63) is 41.7 Å². The van der Waals surface area contributed by atoms with Gasteiger partial charge in [-0.05, 0) is 37.1 Å². The normalized spacial score (nSPS) is 11.2. The number of benzene rings is 1. The van der Waals surface area contributed by atoms with E-state index in [1.165, 1.54) is 88.4 Å². The lowest BCUT2D eigenvalue weighted by molar-refractivity contribution is -0.685. The zero-order chi connectivity index (χ0) is 18.5. The predicted octanol–water partition coefficient (Wildman–Crippen LogP) is 7.32. The third-order valence-electron chi connectivity index (χ3n) is 5.13. The van der Waals surface area contributed by atoms with Crippen LogP contribution in [0.5, 0.6) is 0 Å². The third kappa shape index (κ3) is 7.95. The number of aromatic nitrogens is 2. The molecule has 3 heteroatoms. The van der Waals surface area contributed by atoms with Crippen LogP contribution in [0.25, 0.3) is 11.4 Å². The molecule has 0 radical (unpaired) electrons. The third-order valence-corrected chi connectivity index (χ3v) is 5.38. The lowest BCUT2D eigenvalue weighted by Gasteiger charge is -2.03. The molecule has 0 aliphatic rings. The molecule has 0 saturated heterocycles. The van der Waals surface area contributed by atoms with E-state index in [9.17, 15) is 0 Å². The second kappa shape index (κ2) is 13.0. The SMILES string of the molecule is CCCCCCCCCCCCCC[n+]1cc[nH]c1-c1ccc(Cl)cc1. The molecule has 0 fully saturated rings. The number of H-pyrrole nitrogens is 1. The van der Waals surface area contributed by atoms with Gasteiger partial charge < -0.3 is 0 Å². The summed E-state index contributed by atoms with van der Waals surface area (Å²) < 4.78 is 2.32. The van der Waals surface area contributed by atoms with E-state index in [2.05, 4.69) is 34.8 Å². The van der Waals surface area contributed by atoms with Crippen molar-refractivity contribution in [3.63, 3.8) is 0 Å². The quantitative estimate of drug-likeness (QED) is 0.263. The minimum Gasteiger partial charge on any atom is -0.243 e. The molecule has 144 valence electrons. The van der Waals surface area contributed by atoms with Crippen LogP contribution in [0.3, 0.4) is 0 Å². The van der Waals surface area contributed by atoms with Crippen LogP contribution in [0.4, 0.5) is 0 Å². The van der Waals surface area contributed by atoms with Crippen LogP contribution in [-0.4, -0.2) is 4.98 Å². The Hall–Kier alpha value is -1.28. The lowest BCUT2D eigenvalue weighted by atomic mass is 10.1. The standard InChI is InChI=1S/C23H35ClN2/c1-2-3-4-5-6-7-8-9-10-11-12-13-19-26-20-18-25-23(26)21-14-16-22(24)17-15-21/h14-18,20H,2-13,19H2,1H3/p+1. The molecule has 1 N–H and O–H groups in total. The first kappa shape index (κ1) is 21.0. The van der Waals surface area contributed by atoms with Crippen LogP contribution in [0.1, 0.15) is 84.0 Å². The number of nitrogens with one attached hydrogen (secondary N) is 1. The van der Waals surface area contributed by atoms with Gasteiger partial charge in [0.25, 0.3) is 5.82 Å². The van der Waals surface area contributed by atoms with E-state index < -0.39 is 0 Å². The molecule has 0 spiro atoms. The molecule has 2 rings (SSSR count). The van der Waals surface area contributed by atoms with Gasteiger partial charge >= 0.3 is 0 Å². The number of imidazole rings is 1. The zero-order valence-electron chi connectivity index (χ0n) is 16.5. The van der Waals surface area contributed by atoms with Gasteiger partial charge in [-0.2, -0.15) is 0 Å². The van der Waals surface area contributed by atoms with E-state index in [1.807, 2.05) is 18.3 Å². The van der Waals surface area contributed by atoms with Crippen molar-refractivity contribution in [1.82, 2.24) is 4.98 Å². The van der Waals surface area contributed by atoms with E-state index in [0.29, 0.717) is 0 Å². The number of rotatable bonds is 14. The van der Waals surface area contributed by atoms with Crippen molar-refractivity contribution in [2.75, 3.05) is 0 Å². The number of aryl methyl sites for hydroxylation is 1. The molecule has 0 amide bonds. The maximum Gasteiger partial charge on any atom is 0.286 e. The van der Waals surface area contributed by atoms with Gasteiger partial charge in [0.2, 0.25) is 0 Å². The highest BCUT2D eigenvalue weighted by atomic mass is 35.5. The summed E-state index contributed by atoms with van der Waals surface area (Å²) in [7, 11) is 0. The summed E-state index contributed by atoms with van der Waals surface area (Å²) >= 11 is 5.99. The average molecular weight is 376 g/mol. The Morgan fingerprint density at radius 1 is 0.769 bits per heavy atom. The van der Waals surface area contributed by atoms with Crippen molar-refractivity contribution in [1.29, 1.82) is 0 Å². The van der Waals surface area contributed by atoms with E-state index >= 15 is 0 Å². The number of hydrogen-bond acceptors (Lipinski definition) is 0. The first-order chi connectivity index (χ1) is 12.8. The monoisotopic (exact) mass is 375 g/mol. The lowest BCUT2D eigenvalue weighted by Crippen LogP contribution is -2.33. The fraction of sp³-hybridized carbons (Fsp3) is 0.609. The van der Waals surface area contributed by atoms with Gasteiger partial charge in [0.1, 0.15) is 12.4 Å². The maximum absolute atomic E-state index is 5.99. The number of hydrogen-bond donors (Lipinski definition) is 1. The molecule has 0 bridgehead atoms. The largest absolute Gasteiger partial charge is 0.286 e. The molecule has 0 saturated carbocycles. The molecule has 1 aromatic carbocycles. The summed E-state index contributed by atoms with van der Waals surface area (Å²) in [6.45, 7) is 3.37. The molecule has 1 heterocycles. The molecular formula is C23H36ClN2+. The van der Waals surface area contributed by atoms with Gasteiger partial charge in [-0.3, -0.25) is 0 Å². The minimum absolute atomic E-state index is 0.785. The summed E-state index contributed by atoms with van der Waals surface area (Å²) in [6.07, 6.45) is 20.9. The van der Waals surface area contributed by atoms with Crippen molar-refractivity contribution in [2.45, 2.75) is 90.5 Å². The summed E-state index contributed by atoms with van der Waals surface area (Å²) in [5, 5.41) is 0.785. The van der Waals surface area contributed by atoms with E-state index in [0.717, 1.165) is 11.6 Å². The minimum atomic E-state index is 0.785. The molecule has 2 nitrogen and oxygen atoms in total. The highest BCUT2D eigenvalue weighted by Crippen LogP contribution is 2.17. The highest BCUT2D eigenvalue weighted by Gasteiger charge is 2.12. The molecule has 0 atom stereocenters. The Kier molecular flexibility index (Phi) is 10.5. The number of aromatic amines is 1. The summed E-state index contributed by atoms with van der Waals surface area (Å²) in [5.41, 5.74) is 1.19. The second-order valence-corrected chi connectivity index (χ2v) is 7.83.